The maximum Gasteiger partial charge on any atom is 0.303 e. The van der Waals surface area contributed by atoms with Crippen molar-refractivity contribution >= 4 is 23.9 Å². The first kappa shape index (κ1) is 20.8. The molecule has 1 unspecified atom stereocenters. The van der Waals surface area contributed by atoms with Crippen molar-refractivity contribution in [3.05, 3.63) is 0 Å². The van der Waals surface area contributed by atoms with Crippen molar-refractivity contribution in [1.29, 1.82) is 0 Å². The molecular weight excluding hydrogens is 340 g/mol. The second kappa shape index (κ2) is 9.33. The predicted octanol–water partition coefficient (Wildman–Crippen LogP) is -0.284. The van der Waals surface area contributed by atoms with Crippen LogP contribution in [0.5, 0.6) is 0 Å². The van der Waals surface area contributed by atoms with E-state index >= 15 is 0 Å². The lowest BCUT2D eigenvalue weighted by Gasteiger charge is -2.43. The molecule has 0 amide bonds. The Hall–Kier alpha value is -2.20. The zero-order chi connectivity index (χ0) is 19.1. The van der Waals surface area contributed by atoms with Crippen LogP contribution in [0.4, 0.5) is 0 Å². The van der Waals surface area contributed by atoms with E-state index in [2.05, 4.69) is 0 Å². The van der Waals surface area contributed by atoms with Gasteiger partial charge in [-0.25, -0.2) is 0 Å². The zero-order valence-corrected chi connectivity index (χ0v) is 14.7. The summed E-state index contributed by atoms with van der Waals surface area (Å²) in [6, 6.07) is 0. The van der Waals surface area contributed by atoms with E-state index in [0.717, 1.165) is 20.8 Å². The van der Waals surface area contributed by atoms with E-state index in [9.17, 15) is 19.2 Å². The van der Waals surface area contributed by atoms with Gasteiger partial charge in [0.25, 0.3) is 0 Å². The van der Waals surface area contributed by atoms with Gasteiger partial charge < -0.3 is 28.4 Å². The van der Waals surface area contributed by atoms with Gasteiger partial charge in [-0.1, -0.05) is 0 Å². The summed E-state index contributed by atoms with van der Waals surface area (Å²) in [5.41, 5.74) is 0. The van der Waals surface area contributed by atoms with Gasteiger partial charge in [0.1, 0.15) is 12.7 Å². The number of carbonyl (C=O) groups excluding carboxylic acids is 4. The van der Waals surface area contributed by atoms with Crippen LogP contribution >= 0.6 is 0 Å². The molecule has 0 radical (unpaired) electrons. The summed E-state index contributed by atoms with van der Waals surface area (Å²) in [6.45, 7) is 4.37. The molecule has 0 N–H and O–H groups in total. The Bertz CT molecular complexity index is 516. The maximum absolute atomic E-state index is 11.5. The van der Waals surface area contributed by atoms with E-state index in [1.54, 1.807) is 0 Å². The molecule has 25 heavy (non-hydrogen) atoms. The third-order valence-corrected chi connectivity index (χ3v) is 3.18. The minimum Gasteiger partial charge on any atom is -0.463 e. The molecule has 0 bridgehead atoms. The molecule has 0 aromatic rings. The van der Waals surface area contributed by atoms with Crippen molar-refractivity contribution in [3.8, 4) is 0 Å². The van der Waals surface area contributed by atoms with E-state index in [0.29, 0.717) is 0 Å². The Labute approximate surface area is 144 Å². The molecule has 0 aliphatic carbocycles. The third kappa shape index (κ3) is 6.31. The van der Waals surface area contributed by atoms with Gasteiger partial charge >= 0.3 is 23.9 Å². The van der Waals surface area contributed by atoms with Crippen LogP contribution in [0.1, 0.15) is 27.7 Å². The normalized spacial score (nSPS) is 28.6. The lowest BCUT2D eigenvalue weighted by atomic mass is 9.98. The number of hydrogen-bond donors (Lipinski definition) is 0. The molecule has 10 nitrogen and oxygen atoms in total. The molecule has 142 valence electrons. The van der Waals surface area contributed by atoms with Crippen LogP contribution in [-0.4, -0.2) is 68.3 Å². The first-order valence-corrected chi connectivity index (χ1v) is 7.49. The summed E-state index contributed by atoms with van der Waals surface area (Å²) in [5, 5.41) is 0. The molecule has 5 atom stereocenters. The van der Waals surface area contributed by atoms with Crippen LogP contribution in [0.3, 0.4) is 0 Å². The minimum absolute atomic E-state index is 0.280. The highest BCUT2D eigenvalue weighted by Crippen LogP contribution is 2.29. The summed E-state index contributed by atoms with van der Waals surface area (Å²) < 4.78 is 31.1. The largest absolute Gasteiger partial charge is 0.463 e. The Kier molecular flexibility index (Phi) is 7.78. The van der Waals surface area contributed by atoms with Gasteiger partial charge in [-0.05, 0) is 0 Å². The second-order valence-corrected chi connectivity index (χ2v) is 5.30. The SMILES string of the molecule is COC1O[C@H](COC(C)=O)[C@@H](OC(C)=O)[C@H](OC(C)=O)[C@H]1OC(C)=O. The van der Waals surface area contributed by atoms with E-state index in [-0.39, 0.29) is 6.61 Å². The molecule has 1 rings (SSSR count). The number of ether oxygens (including phenoxy) is 6. The smallest absolute Gasteiger partial charge is 0.303 e. The van der Waals surface area contributed by atoms with Crippen LogP contribution in [0.2, 0.25) is 0 Å². The van der Waals surface area contributed by atoms with Gasteiger partial charge in [-0.15, -0.1) is 0 Å². The van der Waals surface area contributed by atoms with Crippen molar-refractivity contribution in [1.82, 2.24) is 0 Å². The van der Waals surface area contributed by atoms with Crippen LogP contribution in [0.25, 0.3) is 0 Å². The van der Waals surface area contributed by atoms with Gasteiger partial charge in [-0.2, -0.15) is 0 Å². The lowest BCUT2D eigenvalue weighted by molar-refractivity contribution is -0.302. The molecule has 0 aromatic carbocycles. The van der Waals surface area contributed by atoms with Gasteiger partial charge in [0.15, 0.2) is 24.6 Å². The molecule has 1 aliphatic rings. The molecule has 10 heteroatoms. The zero-order valence-electron chi connectivity index (χ0n) is 14.7. The lowest BCUT2D eigenvalue weighted by Crippen LogP contribution is -2.62. The van der Waals surface area contributed by atoms with Crippen LogP contribution < -0.4 is 0 Å². The highest BCUT2D eigenvalue weighted by Gasteiger charge is 2.52. The van der Waals surface area contributed by atoms with Crippen LogP contribution in [0.15, 0.2) is 0 Å². The average Bonchev–Trinajstić information content (AvgIpc) is 2.48. The van der Waals surface area contributed by atoms with Crippen molar-refractivity contribution in [2.75, 3.05) is 13.7 Å². The Morgan fingerprint density at radius 2 is 1.24 bits per heavy atom. The minimum atomic E-state index is -1.20. The van der Waals surface area contributed by atoms with Crippen molar-refractivity contribution in [2.45, 2.75) is 58.4 Å². The second-order valence-electron chi connectivity index (χ2n) is 5.30. The van der Waals surface area contributed by atoms with E-state index in [1.165, 1.54) is 14.0 Å². The number of carbonyl (C=O) groups is 4. The molecular formula is C15H22O10. The first-order valence-electron chi connectivity index (χ1n) is 7.49. The fourth-order valence-electron chi connectivity index (χ4n) is 2.38. The molecule has 1 aliphatic heterocycles. The van der Waals surface area contributed by atoms with Crippen LogP contribution in [0, 0.1) is 0 Å². The standard InChI is InChI=1S/C15H22O10/c1-7(16)21-6-11-12(22-8(2)17)13(23-9(3)18)14(24-10(4)19)15(20-5)25-11/h11-15H,6H2,1-5H3/t11-,12-,13+,14-,15?/m1/s1. The van der Waals surface area contributed by atoms with Crippen molar-refractivity contribution < 1.29 is 47.6 Å². The highest BCUT2D eigenvalue weighted by atomic mass is 16.7. The number of hydrogen-bond acceptors (Lipinski definition) is 10. The summed E-state index contributed by atoms with van der Waals surface area (Å²) in [5.74, 6) is -2.63. The van der Waals surface area contributed by atoms with Gasteiger partial charge in [0.2, 0.25) is 0 Å². The van der Waals surface area contributed by atoms with Crippen molar-refractivity contribution in [2.24, 2.45) is 0 Å². The van der Waals surface area contributed by atoms with Crippen LogP contribution in [-0.2, 0) is 47.6 Å². The first-order chi connectivity index (χ1) is 11.6. The molecule has 0 saturated carbocycles. The van der Waals surface area contributed by atoms with E-state index in [1.807, 2.05) is 0 Å². The highest BCUT2D eigenvalue weighted by molar-refractivity contribution is 5.68. The molecule has 1 fully saturated rings. The molecule has 0 aromatic heterocycles. The average molecular weight is 362 g/mol. The fraction of sp³-hybridized carbons (Fsp3) is 0.733. The monoisotopic (exact) mass is 362 g/mol. The number of methoxy groups -OCH3 is 1. The van der Waals surface area contributed by atoms with Gasteiger partial charge in [-0.3, -0.25) is 19.2 Å². The summed E-state index contributed by atoms with van der Waals surface area (Å²) in [4.78, 5) is 45.4. The van der Waals surface area contributed by atoms with Crippen molar-refractivity contribution in [3.63, 3.8) is 0 Å². The van der Waals surface area contributed by atoms with E-state index < -0.39 is 54.6 Å². The topological polar surface area (TPSA) is 124 Å². The van der Waals surface area contributed by atoms with Gasteiger partial charge in [0, 0.05) is 34.8 Å². The quantitative estimate of drug-likeness (QED) is 0.460. The summed E-state index contributed by atoms with van der Waals surface area (Å²) >= 11 is 0. The summed E-state index contributed by atoms with van der Waals surface area (Å²) in [6.07, 6.45) is -5.67. The van der Waals surface area contributed by atoms with Gasteiger partial charge in [0.05, 0.1) is 0 Å². The molecule has 1 saturated heterocycles. The third-order valence-electron chi connectivity index (χ3n) is 3.18. The molecule has 0 spiro atoms. The number of esters is 4. The predicted molar refractivity (Wildman–Crippen MR) is 79.0 cm³/mol. The Balaban J connectivity index is 3.18. The Morgan fingerprint density at radius 3 is 1.68 bits per heavy atom. The fourth-order valence-corrected chi connectivity index (χ4v) is 2.38. The molecule has 1 heterocycles. The maximum atomic E-state index is 11.5. The van der Waals surface area contributed by atoms with E-state index in [4.69, 9.17) is 28.4 Å². The number of rotatable bonds is 6. The summed E-state index contributed by atoms with van der Waals surface area (Å²) in [7, 11) is 1.29. The Morgan fingerprint density at radius 1 is 0.760 bits per heavy atom.